The van der Waals surface area contributed by atoms with Crippen molar-refractivity contribution in [3.05, 3.63) is 23.2 Å². The molecule has 0 radical (unpaired) electrons. The van der Waals surface area contributed by atoms with Crippen LogP contribution in [0.15, 0.2) is 18.2 Å². The summed E-state index contributed by atoms with van der Waals surface area (Å²) < 4.78 is 5.12. The second-order valence-corrected chi connectivity index (χ2v) is 5.29. The summed E-state index contributed by atoms with van der Waals surface area (Å²) >= 11 is 6.11. The first kappa shape index (κ1) is 13.7. The highest BCUT2D eigenvalue weighted by Crippen LogP contribution is 2.32. The molecule has 0 aliphatic carbocycles. The average Bonchev–Trinajstić information content (AvgIpc) is 2.34. The highest BCUT2D eigenvalue weighted by atomic mass is 35.5. The zero-order valence-electron chi connectivity index (χ0n) is 11.0. The smallest absolute Gasteiger partial charge is 0.252 e. The van der Waals surface area contributed by atoms with E-state index in [0.717, 1.165) is 0 Å². The third-order valence-electron chi connectivity index (χ3n) is 2.98. The number of carbonyl (C=O) groups is 2. The Balaban J connectivity index is 2.45. The first-order valence-electron chi connectivity index (χ1n) is 5.81. The molecule has 19 heavy (non-hydrogen) atoms. The molecule has 1 aromatic carbocycles. The molecule has 1 fully saturated rings. The maximum absolute atomic E-state index is 12.4. The molecule has 1 N–H and O–H groups in total. The maximum atomic E-state index is 12.4. The Hall–Kier alpha value is -1.75. The molecule has 1 aliphatic heterocycles. The van der Waals surface area contributed by atoms with Gasteiger partial charge in [-0.3, -0.25) is 14.5 Å². The molecule has 1 saturated heterocycles. The van der Waals surface area contributed by atoms with Crippen LogP contribution in [0.3, 0.4) is 0 Å². The second-order valence-electron chi connectivity index (χ2n) is 4.88. The fourth-order valence-corrected chi connectivity index (χ4v) is 2.23. The van der Waals surface area contributed by atoms with Crippen molar-refractivity contribution in [2.75, 3.05) is 18.6 Å². The van der Waals surface area contributed by atoms with Gasteiger partial charge in [0.05, 0.1) is 17.8 Å². The Morgan fingerprint density at radius 3 is 2.68 bits per heavy atom. The summed E-state index contributed by atoms with van der Waals surface area (Å²) in [6, 6.07) is 4.99. The minimum atomic E-state index is -0.943. The van der Waals surface area contributed by atoms with Gasteiger partial charge in [0.25, 0.3) is 5.91 Å². The minimum Gasteiger partial charge on any atom is -0.497 e. The van der Waals surface area contributed by atoms with Gasteiger partial charge in [0, 0.05) is 6.07 Å². The van der Waals surface area contributed by atoms with Gasteiger partial charge in [0.15, 0.2) is 0 Å². The van der Waals surface area contributed by atoms with E-state index in [1.807, 2.05) is 0 Å². The average molecular weight is 283 g/mol. The molecule has 5 nitrogen and oxygen atoms in total. The Labute approximate surface area is 116 Å². The number of benzene rings is 1. The molecule has 0 spiro atoms. The maximum Gasteiger partial charge on any atom is 0.252 e. The lowest BCUT2D eigenvalue weighted by Crippen LogP contribution is -2.64. The summed E-state index contributed by atoms with van der Waals surface area (Å²) in [5, 5.41) is 3.05. The van der Waals surface area contributed by atoms with Crippen LogP contribution in [0.1, 0.15) is 13.8 Å². The Morgan fingerprint density at radius 1 is 1.37 bits per heavy atom. The summed E-state index contributed by atoms with van der Waals surface area (Å²) in [5.41, 5.74) is -0.462. The number of carbonyl (C=O) groups excluding carboxylic acids is 2. The Morgan fingerprint density at radius 2 is 2.05 bits per heavy atom. The Bertz CT molecular complexity index is 543. The van der Waals surface area contributed by atoms with Gasteiger partial charge in [-0.05, 0) is 26.0 Å². The van der Waals surface area contributed by atoms with Crippen LogP contribution in [0.25, 0.3) is 0 Å². The summed E-state index contributed by atoms with van der Waals surface area (Å²) in [6.07, 6.45) is 0. The van der Waals surface area contributed by atoms with Crippen molar-refractivity contribution in [3.63, 3.8) is 0 Å². The van der Waals surface area contributed by atoms with Crippen LogP contribution in [0, 0.1) is 0 Å². The van der Waals surface area contributed by atoms with Crippen molar-refractivity contribution in [2.45, 2.75) is 19.4 Å². The van der Waals surface area contributed by atoms with Crippen molar-refractivity contribution in [2.24, 2.45) is 0 Å². The summed E-state index contributed by atoms with van der Waals surface area (Å²) in [4.78, 5) is 25.4. The van der Waals surface area contributed by atoms with Crippen LogP contribution in [0.5, 0.6) is 5.75 Å². The third-order valence-corrected chi connectivity index (χ3v) is 3.30. The van der Waals surface area contributed by atoms with Gasteiger partial charge in [-0.1, -0.05) is 11.6 Å². The SMILES string of the molecule is COc1ccc(Cl)c(N2CC(=O)NC(C)(C)C2=O)c1. The molecule has 2 amide bonds. The van der Waals surface area contributed by atoms with Gasteiger partial charge >= 0.3 is 0 Å². The highest BCUT2D eigenvalue weighted by molar-refractivity contribution is 6.34. The lowest BCUT2D eigenvalue weighted by atomic mass is 10.00. The topological polar surface area (TPSA) is 58.6 Å². The third kappa shape index (κ3) is 2.51. The Kier molecular flexibility index (Phi) is 3.41. The van der Waals surface area contributed by atoms with E-state index in [9.17, 15) is 9.59 Å². The van der Waals surface area contributed by atoms with Crippen LogP contribution < -0.4 is 15.0 Å². The number of nitrogens with one attached hydrogen (secondary N) is 1. The summed E-state index contributed by atoms with van der Waals surface area (Å²) in [6.45, 7) is 3.27. The number of methoxy groups -OCH3 is 1. The number of hydrogen-bond acceptors (Lipinski definition) is 3. The zero-order valence-corrected chi connectivity index (χ0v) is 11.7. The van der Waals surface area contributed by atoms with E-state index in [-0.39, 0.29) is 18.4 Å². The zero-order chi connectivity index (χ0) is 14.2. The molecular formula is C13H15ClN2O3. The van der Waals surface area contributed by atoms with Gasteiger partial charge in [0.1, 0.15) is 17.8 Å². The van der Waals surface area contributed by atoms with E-state index in [1.165, 1.54) is 12.0 Å². The molecular weight excluding hydrogens is 268 g/mol. The number of halogens is 1. The number of amides is 2. The van der Waals surface area contributed by atoms with Gasteiger partial charge < -0.3 is 10.1 Å². The number of rotatable bonds is 2. The van der Waals surface area contributed by atoms with Crippen LogP contribution in [0.2, 0.25) is 5.02 Å². The molecule has 0 aromatic heterocycles. The number of nitrogens with zero attached hydrogens (tertiary/aromatic N) is 1. The van der Waals surface area contributed by atoms with Gasteiger partial charge in [-0.25, -0.2) is 0 Å². The second kappa shape index (κ2) is 4.74. The monoisotopic (exact) mass is 282 g/mol. The molecule has 0 atom stereocenters. The molecule has 0 saturated carbocycles. The molecule has 102 valence electrons. The van der Waals surface area contributed by atoms with Crippen molar-refractivity contribution in [1.29, 1.82) is 0 Å². The first-order chi connectivity index (χ1) is 8.85. The van der Waals surface area contributed by atoms with Crippen LogP contribution in [-0.4, -0.2) is 31.0 Å². The van der Waals surface area contributed by atoms with Crippen LogP contribution in [-0.2, 0) is 9.59 Å². The van der Waals surface area contributed by atoms with Crippen molar-refractivity contribution in [1.82, 2.24) is 5.32 Å². The predicted octanol–water partition coefficient (Wildman–Crippen LogP) is 1.59. The number of hydrogen-bond donors (Lipinski definition) is 1. The van der Waals surface area contributed by atoms with E-state index >= 15 is 0 Å². The summed E-state index contributed by atoms with van der Waals surface area (Å²) in [5.74, 6) is 0.154. The van der Waals surface area contributed by atoms with Gasteiger partial charge in [-0.2, -0.15) is 0 Å². The van der Waals surface area contributed by atoms with Gasteiger partial charge in [-0.15, -0.1) is 0 Å². The molecule has 1 heterocycles. The molecule has 0 unspecified atom stereocenters. The minimum absolute atomic E-state index is 0.0465. The molecule has 6 heteroatoms. The highest BCUT2D eigenvalue weighted by Gasteiger charge is 2.40. The molecule has 0 bridgehead atoms. The molecule has 1 aromatic rings. The fraction of sp³-hybridized carbons (Fsp3) is 0.385. The van der Waals surface area contributed by atoms with E-state index in [0.29, 0.717) is 16.5 Å². The number of piperazine rings is 1. The molecule has 2 rings (SSSR count). The van der Waals surface area contributed by atoms with Crippen molar-refractivity contribution in [3.8, 4) is 5.75 Å². The van der Waals surface area contributed by atoms with Crippen molar-refractivity contribution < 1.29 is 14.3 Å². The predicted molar refractivity (Wildman–Crippen MR) is 72.6 cm³/mol. The largest absolute Gasteiger partial charge is 0.497 e. The van der Waals surface area contributed by atoms with Gasteiger partial charge in [0.2, 0.25) is 5.91 Å². The van der Waals surface area contributed by atoms with E-state index in [2.05, 4.69) is 5.32 Å². The number of anilines is 1. The van der Waals surface area contributed by atoms with Crippen LogP contribution in [0.4, 0.5) is 5.69 Å². The lowest BCUT2D eigenvalue weighted by Gasteiger charge is -2.37. The normalized spacial score (nSPS) is 18.2. The van der Waals surface area contributed by atoms with E-state index < -0.39 is 5.54 Å². The molecule has 1 aliphatic rings. The summed E-state index contributed by atoms with van der Waals surface area (Å²) in [7, 11) is 1.53. The quantitative estimate of drug-likeness (QED) is 0.896. The first-order valence-corrected chi connectivity index (χ1v) is 6.19. The number of ether oxygens (including phenoxy) is 1. The lowest BCUT2D eigenvalue weighted by molar-refractivity contribution is -0.134. The van der Waals surface area contributed by atoms with E-state index in [4.69, 9.17) is 16.3 Å². The standard InChI is InChI=1S/C13H15ClN2O3/c1-13(2)12(18)16(7-11(17)15-13)10-6-8(19-3)4-5-9(10)14/h4-6H,7H2,1-3H3,(H,15,17). The van der Waals surface area contributed by atoms with Crippen LogP contribution >= 0.6 is 11.6 Å². The van der Waals surface area contributed by atoms with E-state index in [1.54, 1.807) is 32.0 Å². The van der Waals surface area contributed by atoms with Crippen molar-refractivity contribution >= 4 is 29.1 Å². The fourth-order valence-electron chi connectivity index (χ4n) is 2.02.